The van der Waals surface area contributed by atoms with E-state index in [-0.39, 0.29) is 12.0 Å². The van der Waals surface area contributed by atoms with Gasteiger partial charge in [0, 0.05) is 25.2 Å². The van der Waals surface area contributed by atoms with E-state index in [4.69, 9.17) is 0 Å². The van der Waals surface area contributed by atoms with E-state index in [0.29, 0.717) is 10.6 Å². The van der Waals surface area contributed by atoms with Gasteiger partial charge in [-0.05, 0) is 19.2 Å². The van der Waals surface area contributed by atoms with Crippen LogP contribution in [0.3, 0.4) is 0 Å². The Kier molecular flexibility index (Phi) is 4.76. The van der Waals surface area contributed by atoms with Gasteiger partial charge in [-0.25, -0.2) is 4.39 Å². The van der Waals surface area contributed by atoms with E-state index in [0.717, 1.165) is 0 Å². The van der Waals surface area contributed by atoms with Crippen molar-refractivity contribution in [3.63, 3.8) is 0 Å². The largest absolute Gasteiger partial charge is 0.351 e. The van der Waals surface area contributed by atoms with Crippen LogP contribution in [0.5, 0.6) is 0 Å². The second-order valence-corrected chi connectivity index (χ2v) is 3.84. The lowest BCUT2D eigenvalue weighted by atomic mass is 10.2. The van der Waals surface area contributed by atoms with Gasteiger partial charge in [0.25, 0.3) is 0 Å². The summed E-state index contributed by atoms with van der Waals surface area (Å²) in [7, 11) is 5.27. The maximum Gasteiger partial charge on any atom is 0.147 e. The lowest BCUT2D eigenvalue weighted by Crippen LogP contribution is -2.43. The van der Waals surface area contributed by atoms with Crippen molar-refractivity contribution >= 4 is 24.5 Å². The van der Waals surface area contributed by atoms with Crippen LogP contribution in [0.4, 0.5) is 10.1 Å². The SMILES string of the molecule is CN=CC(NC)N(C)c1c(F)cccc1S. The molecule has 0 aliphatic carbocycles. The molecule has 0 aromatic heterocycles. The van der Waals surface area contributed by atoms with E-state index < -0.39 is 0 Å². The standard InChI is InChI=1S/C11H16FN3S/c1-13-7-10(14-2)15(3)11-8(12)5-4-6-9(11)16/h4-7,10,14,16H,1-3H3. The summed E-state index contributed by atoms with van der Waals surface area (Å²) >= 11 is 4.25. The molecule has 0 saturated heterocycles. The third-order valence-corrected chi connectivity index (χ3v) is 2.68. The first-order chi connectivity index (χ1) is 7.61. The van der Waals surface area contributed by atoms with Crippen molar-refractivity contribution in [3.8, 4) is 0 Å². The molecule has 1 N–H and O–H groups in total. The van der Waals surface area contributed by atoms with Gasteiger partial charge >= 0.3 is 0 Å². The van der Waals surface area contributed by atoms with Crippen molar-refractivity contribution in [2.75, 3.05) is 26.0 Å². The Bertz CT molecular complexity index is 361. The Morgan fingerprint density at radius 2 is 2.25 bits per heavy atom. The zero-order chi connectivity index (χ0) is 12.1. The zero-order valence-electron chi connectivity index (χ0n) is 9.61. The molecule has 0 saturated carbocycles. The summed E-state index contributed by atoms with van der Waals surface area (Å²) in [4.78, 5) is 6.29. The Morgan fingerprint density at radius 1 is 1.56 bits per heavy atom. The van der Waals surface area contributed by atoms with Crippen molar-refractivity contribution < 1.29 is 4.39 Å². The molecule has 1 aromatic rings. The predicted molar refractivity (Wildman–Crippen MR) is 69.3 cm³/mol. The number of hydrogen-bond acceptors (Lipinski definition) is 4. The molecule has 0 bridgehead atoms. The van der Waals surface area contributed by atoms with Gasteiger partial charge in [0.15, 0.2) is 0 Å². The van der Waals surface area contributed by atoms with Gasteiger partial charge in [-0.3, -0.25) is 10.3 Å². The van der Waals surface area contributed by atoms with Gasteiger partial charge in [-0.15, -0.1) is 12.6 Å². The molecular formula is C11H16FN3S. The molecule has 1 aromatic carbocycles. The number of benzene rings is 1. The third kappa shape index (κ3) is 2.74. The first-order valence-corrected chi connectivity index (χ1v) is 5.36. The molecule has 1 atom stereocenters. The molecule has 0 amide bonds. The molecule has 5 heteroatoms. The number of halogens is 1. The van der Waals surface area contributed by atoms with Crippen LogP contribution in [-0.4, -0.2) is 33.5 Å². The molecule has 88 valence electrons. The minimum Gasteiger partial charge on any atom is -0.351 e. The van der Waals surface area contributed by atoms with Gasteiger partial charge < -0.3 is 4.90 Å². The summed E-state index contributed by atoms with van der Waals surface area (Å²) in [5.41, 5.74) is 0.463. The molecule has 1 unspecified atom stereocenters. The number of rotatable bonds is 4. The van der Waals surface area contributed by atoms with E-state index in [9.17, 15) is 4.39 Å². The average Bonchev–Trinajstić information content (AvgIpc) is 2.25. The summed E-state index contributed by atoms with van der Waals surface area (Å²) in [5, 5.41) is 3.03. The third-order valence-electron chi connectivity index (χ3n) is 2.32. The smallest absolute Gasteiger partial charge is 0.147 e. The van der Waals surface area contributed by atoms with Crippen LogP contribution in [0, 0.1) is 5.82 Å². The molecular weight excluding hydrogens is 225 g/mol. The normalized spacial score (nSPS) is 13.1. The number of nitrogens with zero attached hydrogens (tertiary/aromatic N) is 2. The number of hydrogen-bond donors (Lipinski definition) is 2. The minimum atomic E-state index is -0.292. The second kappa shape index (κ2) is 5.86. The number of nitrogens with one attached hydrogen (secondary N) is 1. The summed E-state index contributed by atoms with van der Waals surface area (Å²) in [6, 6.07) is 4.81. The molecule has 0 aliphatic heterocycles. The van der Waals surface area contributed by atoms with Crippen LogP contribution in [0.15, 0.2) is 28.1 Å². The summed E-state index contributed by atoms with van der Waals surface area (Å²) in [5.74, 6) is -0.292. The van der Waals surface area contributed by atoms with Gasteiger partial charge in [-0.1, -0.05) is 6.07 Å². The molecule has 1 rings (SSSR count). The fraction of sp³-hybridized carbons (Fsp3) is 0.364. The molecule has 0 heterocycles. The van der Waals surface area contributed by atoms with Crippen molar-refractivity contribution in [1.29, 1.82) is 0 Å². The first kappa shape index (κ1) is 13.0. The number of aliphatic imine (C=N–C) groups is 1. The lowest BCUT2D eigenvalue weighted by molar-refractivity contribution is 0.603. The summed E-state index contributed by atoms with van der Waals surface area (Å²) < 4.78 is 13.7. The summed E-state index contributed by atoms with van der Waals surface area (Å²) in [6.07, 6.45) is 1.55. The quantitative estimate of drug-likeness (QED) is 0.478. The topological polar surface area (TPSA) is 27.6 Å². The Hall–Kier alpha value is -1.07. The van der Waals surface area contributed by atoms with Crippen molar-refractivity contribution in [2.24, 2.45) is 4.99 Å². The second-order valence-electron chi connectivity index (χ2n) is 3.36. The van der Waals surface area contributed by atoms with Gasteiger partial charge in [-0.2, -0.15) is 0 Å². The molecule has 0 radical (unpaired) electrons. The fourth-order valence-corrected chi connectivity index (χ4v) is 1.85. The van der Waals surface area contributed by atoms with E-state index >= 15 is 0 Å². The Morgan fingerprint density at radius 3 is 2.75 bits per heavy atom. The van der Waals surface area contributed by atoms with Crippen LogP contribution in [-0.2, 0) is 0 Å². The highest BCUT2D eigenvalue weighted by Crippen LogP contribution is 2.26. The first-order valence-electron chi connectivity index (χ1n) is 4.91. The number of thiol groups is 1. The van der Waals surface area contributed by atoms with Crippen LogP contribution >= 0.6 is 12.6 Å². The fourth-order valence-electron chi connectivity index (χ4n) is 1.50. The van der Waals surface area contributed by atoms with Gasteiger partial charge in [0.1, 0.15) is 12.0 Å². The monoisotopic (exact) mass is 241 g/mol. The molecule has 16 heavy (non-hydrogen) atoms. The number of para-hydroxylation sites is 1. The van der Waals surface area contributed by atoms with Crippen LogP contribution in [0.1, 0.15) is 0 Å². The maximum atomic E-state index is 13.7. The Balaban J connectivity index is 3.07. The molecule has 0 spiro atoms. The Labute approximate surface area is 101 Å². The van der Waals surface area contributed by atoms with Crippen LogP contribution in [0.2, 0.25) is 0 Å². The highest BCUT2D eigenvalue weighted by molar-refractivity contribution is 7.80. The van der Waals surface area contributed by atoms with E-state index in [1.165, 1.54) is 6.07 Å². The van der Waals surface area contributed by atoms with Crippen molar-refractivity contribution in [3.05, 3.63) is 24.0 Å². The van der Waals surface area contributed by atoms with Gasteiger partial charge in [0.2, 0.25) is 0 Å². The van der Waals surface area contributed by atoms with Crippen molar-refractivity contribution in [1.82, 2.24) is 5.32 Å². The molecule has 3 nitrogen and oxygen atoms in total. The zero-order valence-corrected chi connectivity index (χ0v) is 10.5. The maximum absolute atomic E-state index is 13.7. The minimum absolute atomic E-state index is 0.159. The van der Waals surface area contributed by atoms with Crippen LogP contribution < -0.4 is 10.2 Å². The van der Waals surface area contributed by atoms with E-state index in [2.05, 4.69) is 22.9 Å². The number of anilines is 1. The van der Waals surface area contributed by atoms with Crippen molar-refractivity contribution in [2.45, 2.75) is 11.1 Å². The average molecular weight is 241 g/mol. The van der Waals surface area contributed by atoms with E-state index in [1.807, 2.05) is 0 Å². The lowest BCUT2D eigenvalue weighted by Gasteiger charge is -2.28. The van der Waals surface area contributed by atoms with Crippen LogP contribution in [0.25, 0.3) is 0 Å². The predicted octanol–water partition coefficient (Wildman–Crippen LogP) is 1.80. The highest BCUT2D eigenvalue weighted by Gasteiger charge is 2.16. The molecule has 0 fully saturated rings. The van der Waals surface area contributed by atoms with Gasteiger partial charge in [0.05, 0.1) is 5.69 Å². The molecule has 0 aliphatic rings. The van der Waals surface area contributed by atoms with E-state index in [1.54, 1.807) is 44.4 Å². The highest BCUT2D eigenvalue weighted by atomic mass is 32.1. The summed E-state index contributed by atoms with van der Waals surface area (Å²) in [6.45, 7) is 0.